The molecule has 0 spiro atoms. The quantitative estimate of drug-likeness (QED) is 0.363. The molecule has 0 aliphatic rings. The summed E-state index contributed by atoms with van der Waals surface area (Å²) < 4.78 is 2.32. The molecule has 2 amide bonds. The number of hydrogen-bond donors (Lipinski definition) is 2. The van der Waals surface area contributed by atoms with Gasteiger partial charge in [0.15, 0.2) is 0 Å². The van der Waals surface area contributed by atoms with Crippen molar-refractivity contribution < 1.29 is 9.59 Å². The lowest BCUT2D eigenvalue weighted by atomic mass is 10.1. The van der Waals surface area contributed by atoms with Crippen molar-refractivity contribution in [2.24, 2.45) is 0 Å². The van der Waals surface area contributed by atoms with E-state index >= 15 is 0 Å². The number of carbonyl (C=O) groups is 2. The van der Waals surface area contributed by atoms with Gasteiger partial charge in [0, 0.05) is 52.5 Å². The molecule has 0 radical (unpaired) electrons. The molecule has 1 heterocycles. The highest BCUT2D eigenvalue weighted by Gasteiger charge is 2.20. The normalized spacial score (nSPS) is 12.1. The summed E-state index contributed by atoms with van der Waals surface area (Å²) >= 11 is 1.58. The molecule has 170 valence electrons. The molecule has 4 aromatic rings. The fourth-order valence-electron chi connectivity index (χ4n) is 4.09. The Bertz CT molecular complexity index is 1290. The minimum Gasteiger partial charge on any atom is -0.350 e. The molecule has 0 bridgehead atoms. The Morgan fingerprint density at radius 3 is 2.42 bits per heavy atom. The maximum absolute atomic E-state index is 12.8. The van der Waals surface area contributed by atoms with E-state index in [9.17, 15) is 9.59 Å². The number of nitrogens with zero attached hydrogens (tertiary/aromatic N) is 1. The number of para-hydroxylation sites is 1. The number of thioether (sulfide) groups is 1. The van der Waals surface area contributed by atoms with Crippen LogP contribution in [0, 0.1) is 6.92 Å². The molecule has 4 rings (SSSR count). The van der Waals surface area contributed by atoms with E-state index in [0.29, 0.717) is 12.3 Å². The van der Waals surface area contributed by atoms with E-state index in [2.05, 4.69) is 64.6 Å². The van der Waals surface area contributed by atoms with E-state index in [1.807, 2.05) is 31.2 Å². The lowest BCUT2D eigenvalue weighted by Gasteiger charge is -2.17. The number of hydrogen-bond acceptors (Lipinski definition) is 3. The average molecular weight is 460 g/mol. The van der Waals surface area contributed by atoms with E-state index in [0.717, 1.165) is 17.0 Å². The van der Waals surface area contributed by atoms with Crippen LogP contribution in [-0.4, -0.2) is 28.2 Å². The van der Waals surface area contributed by atoms with Gasteiger partial charge in [-0.2, -0.15) is 0 Å². The number of benzene rings is 3. The summed E-state index contributed by atoms with van der Waals surface area (Å²) in [6.45, 7) is 6.96. The summed E-state index contributed by atoms with van der Waals surface area (Å²) in [7, 11) is 0. The molecular formula is C27H29N3O2S. The van der Waals surface area contributed by atoms with Gasteiger partial charge in [0.05, 0.1) is 0 Å². The second-order valence-corrected chi connectivity index (χ2v) is 9.30. The number of nitrogens with one attached hydrogen (secondary N) is 2. The third-order valence-corrected chi connectivity index (χ3v) is 6.85. The molecular weight excluding hydrogens is 430 g/mol. The first-order valence-electron chi connectivity index (χ1n) is 11.2. The third kappa shape index (κ3) is 5.22. The fraction of sp³-hybridized carbons (Fsp3) is 0.259. The van der Waals surface area contributed by atoms with E-state index in [4.69, 9.17) is 0 Å². The summed E-state index contributed by atoms with van der Waals surface area (Å²) in [5.41, 5.74) is 4.64. The van der Waals surface area contributed by atoms with Gasteiger partial charge in [-0.1, -0.05) is 48.0 Å². The summed E-state index contributed by atoms with van der Waals surface area (Å²) in [6.07, 6.45) is 0. The van der Waals surface area contributed by atoms with Crippen LogP contribution in [0.2, 0.25) is 0 Å². The molecule has 0 aliphatic heterocycles. The molecule has 33 heavy (non-hydrogen) atoms. The number of carbonyl (C=O) groups excluding carboxylic acids is 2. The Hall–Kier alpha value is -3.25. The predicted octanol–water partition coefficient (Wildman–Crippen LogP) is 5.04. The molecule has 1 atom stereocenters. The van der Waals surface area contributed by atoms with Crippen molar-refractivity contribution in [1.29, 1.82) is 0 Å². The van der Waals surface area contributed by atoms with Crippen molar-refractivity contribution in [1.82, 2.24) is 15.2 Å². The molecule has 1 unspecified atom stereocenters. The van der Waals surface area contributed by atoms with Crippen LogP contribution < -0.4 is 10.6 Å². The smallest absolute Gasteiger partial charge is 0.243 e. The van der Waals surface area contributed by atoms with Crippen LogP contribution in [0.3, 0.4) is 0 Å². The molecule has 0 saturated carbocycles. The summed E-state index contributed by atoms with van der Waals surface area (Å²) in [4.78, 5) is 25.6. The van der Waals surface area contributed by atoms with E-state index in [1.165, 1.54) is 34.3 Å². The highest BCUT2D eigenvalue weighted by Crippen LogP contribution is 2.32. The third-order valence-electron chi connectivity index (χ3n) is 5.76. The number of aromatic nitrogens is 1. The lowest BCUT2D eigenvalue weighted by Crippen LogP contribution is -2.47. The van der Waals surface area contributed by atoms with E-state index < -0.39 is 6.04 Å². The maximum Gasteiger partial charge on any atom is 0.243 e. The van der Waals surface area contributed by atoms with Crippen LogP contribution in [0.4, 0.5) is 0 Å². The first-order chi connectivity index (χ1) is 16.0. The van der Waals surface area contributed by atoms with Gasteiger partial charge in [0.2, 0.25) is 11.8 Å². The molecule has 5 nitrogen and oxygen atoms in total. The van der Waals surface area contributed by atoms with Gasteiger partial charge in [-0.3, -0.25) is 9.59 Å². The standard InChI is InChI=1S/C27H29N3O2S/c1-4-30-25-8-6-5-7-22(25)23-15-21(13-14-26(23)30)33-17-24(29-19(3)31)27(32)28-16-20-11-9-18(2)10-12-20/h5-15,24H,4,16-17H2,1-3H3,(H,28,32)(H,29,31). The van der Waals surface area contributed by atoms with Crippen LogP contribution in [0.5, 0.6) is 0 Å². The molecule has 1 aromatic heterocycles. The Labute approximate surface area is 198 Å². The first kappa shape index (κ1) is 22.9. The Kier molecular flexibility index (Phi) is 7.04. The fourth-order valence-corrected chi connectivity index (χ4v) is 5.05. The van der Waals surface area contributed by atoms with E-state index in [1.54, 1.807) is 11.8 Å². The topological polar surface area (TPSA) is 63.1 Å². The Morgan fingerprint density at radius 1 is 0.970 bits per heavy atom. The minimum atomic E-state index is -0.606. The minimum absolute atomic E-state index is 0.179. The van der Waals surface area contributed by atoms with Crippen molar-refractivity contribution >= 4 is 45.4 Å². The maximum atomic E-state index is 12.8. The largest absolute Gasteiger partial charge is 0.350 e. The summed E-state index contributed by atoms with van der Waals surface area (Å²) in [6, 6.07) is 22.3. The highest BCUT2D eigenvalue weighted by atomic mass is 32.2. The lowest BCUT2D eigenvalue weighted by molar-refractivity contribution is -0.127. The number of rotatable bonds is 8. The molecule has 3 aromatic carbocycles. The van der Waals surface area contributed by atoms with Gasteiger partial charge in [-0.25, -0.2) is 0 Å². The zero-order chi connectivity index (χ0) is 23.4. The Morgan fingerprint density at radius 2 is 1.70 bits per heavy atom. The van der Waals surface area contributed by atoms with Crippen molar-refractivity contribution in [3.63, 3.8) is 0 Å². The van der Waals surface area contributed by atoms with Crippen LogP contribution in [-0.2, 0) is 22.7 Å². The van der Waals surface area contributed by atoms with Gasteiger partial charge in [0.1, 0.15) is 6.04 Å². The molecule has 0 aliphatic carbocycles. The van der Waals surface area contributed by atoms with E-state index in [-0.39, 0.29) is 11.8 Å². The number of fused-ring (bicyclic) bond motifs is 3. The average Bonchev–Trinajstić information content (AvgIpc) is 3.14. The van der Waals surface area contributed by atoms with Crippen molar-refractivity contribution in [2.75, 3.05) is 5.75 Å². The van der Waals surface area contributed by atoms with Crippen molar-refractivity contribution in [3.05, 3.63) is 77.9 Å². The monoisotopic (exact) mass is 459 g/mol. The molecule has 6 heteroatoms. The SMILES string of the molecule is CCn1c2ccccc2c2cc(SCC(NC(C)=O)C(=O)NCc3ccc(C)cc3)ccc21. The van der Waals surface area contributed by atoms with Crippen LogP contribution in [0.1, 0.15) is 25.0 Å². The van der Waals surface area contributed by atoms with Crippen molar-refractivity contribution in [2.45, 2.75) is 44.8 Å². The van der Waals surface area contributed by atoms with Gasteiger partial charge in [0.25, 0.3) is 0 Å². The molecule has 0 fully saturated rings. The van der Waals surface area contributed by atoms with Crippen LogP contribution >= 0.6 is 11.8 Å². The zero-order valence-corrected chi connectivity index (χ0v) is 20.0. The number of aryl methyl sites for hydroxylation is 2. The zero-order valence-electron chi connectivity index (χ0n) is 19.2. The van der Waals surface area contributed by atoms with Gasteiger partial charge < -0.3 is 15.2 Å². The van der Waals surface area contributed by atoms with Gasteiger partial charge >= 0.3 is 0 Å². The second-order valence-electron chi connectivity index (χ2n) is 8.21. The molecule has 2 N–H and O–H groups in total. The second kappa shape index (κ2) is 10.1. The first-order valence-corrected chi connectivity index (χ1v) is 12.2. The molecule has 0 saturated heterocycles. The predicted molar refractivity (Wildman–Crippen MR) is 136 cm³/mol. The number of amides is 2. The van der Waals surface area contributed by atoms with Crippen molar-refractivity contribution in [3.8, 4) is 0 Å². The summed E-state index contributed by atoms with van der Waals surface area (Å²) in [5, 5.41) is 8.19. The van der Waals surface area contributed by atoms with Gasteiger partial charge in [-0.05, 0) is 43.7 Å². The van der Waals surface area contributed by atoms with Crippen LogP contribution in [0.15, 0.2) is 71.6 Å². The Balaban J connectivity index is 1.49. The van der Waals surface area contributed by atoms with Gasteiger partial charge in [-0.15, -0.1) is 11.8 Å². The highest BCUT2D eigenvalue weighted by molar-refractivity contribution is 7.99. The summed E-state index contributed by atoms with van der Waals surface area (Å²) in [5.74, 6) is 0.0616. The van der Waals surface area contributed by atoms with Crippen LogP contribution in [0.25, 0.3) is 21.8 Å².